The zero-order valence-electron chi connectivity index (χ0n) is 14.5. The number of rotatable bonds is 0. The Kier molecular flexibility index (Phi) is 2.95. The van der Waals surface area contributed by atoms with Gasteiger partial charge < -0.3 is 9.47 Å². The summed E-state index contributed by atoms with van der Waals surface area (Å²) < 4.78 is 11.6. The average molecular weight is 333 g/mol. The van der Waals surface area contributed by atoms with Gasteiger partial charge in [-0.1, -0.05) is 13.0 Å². The smallest absolute Gasteiger partial charge is 0.419 e. The Labute approximate surface area is 141 Å². The van der Waals surface area contributed by atoms with E-state index in [2.05, 4.69) is 0 Å². The largest absolute Gasteiger partial charge is 0.443 e. The molecule has 4 aliphatic rings. The standard InChI is InChI=1S/C18H23NO5/c1-16(2,3)24-15(22)19-14(21)10-6-5-7-11(20)13-12-8-9-18(19,23-12)17(10,13)4/h8-10,12-13H,5-7H2,1-4H3/t10-,12-,13+,17+,18+/m1/s1. The van der Waals surface area contributed by atoms with E-state index in [0.717, 1.165) is 4.90 Å². The molecule has 130 valence electrons. The number of carbonyl (C=O) groups excluding carboxylic acids is 3. The van der Waals surface area contributed by atoms with Gasteiger partial charge in [0.25, 0.3) is 0 Å². The molecule has 5 atom stereocenters. The highest BCUT2D eigenvalue weighted by Crippen LogP contribution is 2.67. The lowest BCUT2D eigenvalue weighted by molar-refractivity contribution is -0.143. The Balaban J connectivity index is 1.83. The lowest BCUT2D eigenvalue weighted by Crippen LogP contribution is -2.55. The summed E-state index contributed by atoms with van der Waals surface area (Å²) in [5.74, 6) is -0.908. The van der Waals surface area contributed by atoms with Crippen molar-refractivity contribution < 1.29 is 23.9 Å². The van der Waals surface area contributed by atoms with Crippen molar-refractivity contribution in [3.05, 3.63) is 12.2 Å². The minimum atomic E-state index is -1.19. The maximum Gasteiger partial charge on any atom is 0.419 e. The van der Waals surface area contributed by atoms with Gasteiger partial charge in [0, 0.05) is 17.8 Å². The highest BCUT2D eigenvalue weighted by Gasteiger charge is 2.79. The maximum atomic E-state index is 13.1. The van der Waals surface area contributed by atoms with Gasteiger partial charge in [-0.05, 0) is 39.7 Å². The number of fused-ring (bicyclic) bond motifs is 2. The van der Waals surface area contributed by atoms with Gasteiger partial charge in [-0.2, -0.15) is 0 Å². The molecule has 3 aliphatic heterocycles. The van der Waals surface area contributed by atoms with Gasteiger partial charge >= 0.3 is 6.09 Å². The molecule has 0 aromatic rings. The fourth-order valence-corrected chi connectivity index (χ4v) is 5.08. The first-order chi connectivity index (χ1) is 11.1. The fraction of sp³-hybridized carbons (Fsp3) is 0.722. The molecule has 3 fully saturated rings. The Bertz CT molecular complexity index is 677. The third-order valence-corrected chi connectivity index (χ3v) is 5.99. The van der Waals surface area contributed by atoms with Crippen LogP contribution in [0, 0.1) is 17.3 Å². The van der Waals surface area contributed by atoms with Gasteiger partial charge in [0.15, 0.2) is 5.72 Å². The van der Waals surface area contributed by atoms with Gasteiger partial charge in [0.1, 0.15) is 11.4 Å². The zero-order valence-corrected chi connectivity index (χ0v) is 14.5. The van der Waals surface area contributed by atoms with Gasteiger partial charge in [0.05, 0.1) is 12.0 Å². The van der Waals surface area contributed by atoms with E-state index in [1.165, 1.54) is 0 Å². The Morgan fingerprint density at radius 2 is 2.08 bits per heavy atom. The van der Waals surface area contributed by atoms with Crippen LogP contribution in [-0.4, -0.2) is 40.1 Å². The van der Waals surface area contributed by atoms with Gasteiger partial charge in [-0.25, -0.2) is 9.69 Å². The topological polar surface area (TPSA) is 72.9 Å². The van der Waals surface area contributed by atoms with E-state index in [0.29, 0.717) is 19.3 Å². The number of likely N-dealkylation sites (tertiary alicyclic amines) is 1. The molecule has 2 saturated heterocycles. The molecule has 0 unspecified atom stereocenters. The number of carbonyl (C=O) groups is 3. The number of imide groups is 1. The van der Waals surface area contributed by atoms with Crippen LogP contribution in [0.3, 0.4) is 0 Å². The van der Waals surface area contributed by atoms with E-state index in [9.17, 15) is 14.4 Å². The third-order valence-electron chi connectivity index (χ3n) is 5.99. The minimum Gasteiger partial charge on any atom is -0.443 e. The number of hydrogen-bond acceptors (Lipinski definition) is 5. The summed E-state index contributed by atoms with van der Waals surface area (Å²) in [7, 11) is 0. The average Bonchev–Trinajstić information content (AvgIpc) is 2.96. The number of amides is 2. The minimum absolute atomic E-state index is 0.134. The number of hydrogen-bond donors (Lipinski definition) is 0. The summed E-state index contributed by atoms with van der Waals surface area (Å²) in [5.41, 5.74) is -2.62. The molecule has 1 saturated carbocycles. The molecule has 1 spiro atoms. The van der Waals surface area contributed by atoms with Crippen LogP contribution in [0.2, 0.25) is 0 Å². The molecule has 0 radical (unpaired) electrons. The molecule has 6 heteroatoms. The SMILES string of the molecule is CC(C)(C)OC(=O)N1C(=O)[C@H]2CCCC(=O)[C@H]3[C@H]4C=C[C@]1(O4)[C@@]23C. The molecule has 24 heavy (non-hydrogen) atoms. The fourth-order valence-electron chi connectivity index (χ4n) is 5.08. The van der Waals surface area contributed by atoms with Crippen molar-refractivity contribution in [3.63, 3.8) is 0 Å². The van der Waals surface area contributed by atoms with Crippen LogP contribution in [0.4, 0.5) is 4.79 Å². The third kappa shape index (κ3) is 1.67. The lowest BCUT2D eigenvalue weighted by atomic mass is 9.61. The molecular weight excluding hydrogens is 310 g/mol. The van der Waals surface area contributed by atoms with E-state index in [-0.39, 0.29) is 23.7 Å². The second-order valence-electron chi connectivity index (χ2n) is 8.46. The Morgan fingerprint density at radius 3 is 2.75 bits per heavy atom. The van der Waals surface area contributed by atoms with Crippen LogP contribution in [0.1, 0.15) is 47.0 Å². The van der Waals surface area contributed by atoms with Crippen LogP contribution in [-0.2, 0) is 19.1 Å². The van der Waals surface area contributed by atoms with Crippen molar-refractivity contribution in [1.29, 1.82) is 0 Å². The van der Waals surface area contributed by atoms with Crippen LogP contribution in [0.15, 0.2) is 12.2 Å². The van der Waals surface area contributed by atoms with Gasteiger partial charge in [-0.15, -0.1) is 0 Å². The number of ether oxygens (including phenoxy) is 2. The van der Waals surface area contributed by atoms with Crippen LogP contribution in [0.25, 0.3) is 0 Å². The van der Waals surface area contributed by atoms with Crippen LogP contribution < -0.4 is 0 Å². The molecule has 0 aromatic carbocycles. The van der Waals surface area contributed by atoms with Crippen LogP contribution in [0.5, 0.6) is 0 Å². The summed E-state index contributed by atoms with van der Waals surface area (Å²) in [6.45, 7) is 7.21. The molecule has 2 amide bonds. The van der Waals surface area contributed by atoms with E-state index < -0.39 is 28.8 Å². The number of Topliss-reactive ketones (excluding diaryl/α,β-unsaturated/α-hetero) is 1. The molecule has 2 bridgehead atoms. The van der Waals surface area contributed by atoms with E-state index in [4.69, 9.17) is 9.47 Å². The number of ketones is 1. The maximum absolute atomic E-state index is 13.1. The zero-order chi connectivity index (χ0) is 17.5. The predicted octanol–water partition coefficient (Wildman–Crippen LogP) is 2.42. The second kappa shape index (κ2) is 4.48. The first-order valence-corrected chi connectivity index (χ1v) is 8.59. The van der Waals surface area contributed by atoms with Crippen molar-refractivity contribution in [2.45, 2.75) is 64.4 Å². The van der Waals surface area contributed by atoms with Gasteiger partial charge in [-0.3, -0.25) is 9.59 Å². The number of nitrogens with zero attached hydrogens (tertiary/aromatic N) is 1. The molecule has 0 aromatic heterocycles. The summed E-state index contributed by atoms with van der Waals surface area (Å²) >= 11 is 0. The molecular formula is C18H23NO5. The summed E-state index contributed by atoms with van der Waals surface area (Å²) in [6.07, 6.45) is 4.30. The summed E-state index contributed by atoms with van der Waals surface area (Å²) in [6, 6.07) is 0. The molecule has 4 rings (SSSR count). The highest BCUT2D eigenvalue weighted by atomic mass is 16.6. The van der Waals surface area contributed by atoms with Crippen molar-refractivity contribution >= 4 is 17.8 Å². The van der Waals surface area contributed by atoms with Gasteiger partial charge in [0.2, 0.25) is 5.91 Å². The van der Waals surface area contributed by atoms with Crippen molar-refractivity contribution in [2.75, 3.05) is 0 Å². The van der Waals surface area contributed by atoms with Crippen molar-refractivity contribution in [2.24, 2.45) is 17.3 Å². The Morgan fingerprint density at radius 1 is 1.38 bits per heavy atom. The molecule has 6 nitrogen and oxygen atoms in total. The quantitative estimate of drug-likeness (QED) is 0.637. The molecule has 1 aliphatic carbocycles. The Hall–Kier alpha value is -1.69. The monoisotopic (exact) mass is 333 g/mol. The molecule has 0 N–H and O–H groups in total. The predicted molar refractivity (Wildman–Crippen MR) is 83.8 cm³/mol. The summed E-state index contributed by atoms with van der Waals surface area (Å²) in [5, 5.41) is 0. The first kappa shape index (κ1) is 15.8. The van der Waals surface area contributed by atoms with Crippen molar-refractivity contribution in [1.82, 2.24) is 4.90 Å². The van der Waals surface area contributed by atoms with E-state index >= 15 is 0 Å². The van der Waals surface area contributed by atoms with Crippen molar-refractivity contribution in [3.8, 4) is 0 Å². The molecule has 3 heterocycles. The highest BCUT2D eigenvalue weighted by molar-refractivity contribution is 6.00. The van der Waals surface area contributed by atoms with Crippen LogP contribution >= 0.6 is 0 Å². The summed E-state index contributed by atoms with van der Waals surface area (Å²) in [4.78, 5) is 39.7. The van der Waals surface area contributed by atoms with E-state index in [1.54, 1.807) is 26.8 Å². The van der Waals surface area contributed by atoms with E-state index in [1.807, 2.05) is 13.0 Å². The lowest BCUT2D eigenvalue weighted by Gasteiger charge is -2.41. The second-order valence-corrected chi connectivity index (χ2v) is 8.46. The normalized spacial score (nSPS) is 43.2. The first-order valence-electron chi connectivity index (χ1n) is 8.59.